The molecule has 1 aromatic heterocycles. The van der Waals surface area contributed by atoms with E-state index in [1.807, 2.05) is 18.7 Å². The van der Waals surface area contributed by atoms with E-state index in [0.717, 1.165) is 10.9 Å². The van der Waals surface area contributed by atoms with Crippen molar-refractivity contribution in [2.24, 2.45) is 7.05 Å². The Morgan fingerprint density at radius 2 is 1.90 bits per heavy atom. The second kappa shape index (κ2) is 6.41. The number of thioether (sulfide) groups is 1. The van der Waals surface area contributed by atoms with E-state index in [1.54, 1.807) is 18.1 Å². The second-order valence-corrected chi connectivity index (χ2v) is 6.18. The van der Waals surface area contributed by atoms with Crippen molar-refractivity contribution in [2.45, 2.75) is 32.0 Å². The van der Waals surface area contributed by atoms with E-state index in [2.05, 4.69) is 48.4 Å². The molecule has 1 unspecified atom stereocenters. The van der Waals surface area contributed by atoms with Crippen molar-refractivity contribution in [1.82, 2.24) is 20.1 Å². The van der Waals surface area contributed by atoms with Crippen molar-refractivity contribution in [3.8, 4) is 0 Å². The smallest absolute Gasteiger partial charge is 0.190 e. The van der Waals surface area contributed by atoms with Crippen molar-refractivity contribution >= 4 is 11.8 Å². The summed E-state index contributed by atoms with van der Waals surface area (Å²) in [6.45, 7) is 6.52. The summed E-state index contributed by atoms with van der Waals surface area (Å²) < 4.78 is 1.95. The lowest BCUT2D eigenvalue weighted by molar-refractivity contribution is 0.651. The molecule has 0 radical (unpaired) electrons. The molecule has 0 amide bonds. The molecule has 0 saturated carbocycles. The highest BCUT2D eigenvalue weighted by atomic mass is 32.2. The zero-order chi connectivity index (χ0) is 14.7. The van der Waals surface area contributed by atoms with E-state index in [-0.39, 0.29) is 0 Å². The number of aryl methyl sites for hydroxylation is 4. The minimum Gasteiger partial charge on any atom is -0.312 e. The van der Waals surface area contributed by atoms with Crippen LogP contribution in [0.4, 0.5) is 0 Å². The van der Waals surface area contributed by atoms with Crippen LogP contribution < -0.4 is 5.32 Å². The number of rotatable bonds is 5. The molecule has 2 rings (SSSR count). The van der Waals surface area contributed by atoms with E-state index in [1.165, 1.54) is 22.3 Å². The molecule has 20 heavy (non-hydrogen) atoms. The van der Waals surface area contributed by atoms with Gasteiger partial charge in [-0.3, -0.25) is 0 Å². The topological polar surface area (TPSA) is 42.7 Å². The fourth-order valence-electron chi connectivity index (χ4n) is 2.61. The Balaban J connectivity index is 2.18. The average Bonchev–Trinajstić information content (AvgIpc) is 2.78. The maximum absolute atomic E-state index is 4.12. The summed E-state index contributed by atoms with van der Waals surface area (Å²) in [6, 6.07) is 4.82. The molecule has 1 N–H and O–H groups in total. The van der Waals surface area contributed by atoms with Gasteiger partial charge in [0.05, 0.1) is 0 Å². The van der Waals surface area contributed by atoms with Crippen LogP contribution in [0, 0.1) is 20.8 Å². The van der Waals surface area contributed by atoms with Crippen LogP contribution in [0.1, 0.15) is 28.3 Å². The van der Waals surface area contributed by atoms with Crippen LogP contribution in [0.5, 0.6) is 0 Å². The Kier molecular flexibility index (Phi) is 4.83. The molecule has 4 nitrogen and oxygen atoms in total. The second-order valence-electron chi connectivity index (χ2n) is 5.19. The molecular formula is C15H22N4S. The first-order valence-corrected chi connectivity index (χ1v) is 7.73. The van der Waals surface area contributed by atoms with Gasteiger partial charge in [0.25, 0.3) is 0 Å². The number of hydrogen-bond acceptors (Lipinski definition) is 4. The standard InChI is InChI=1S/C15H22N4S/c1-10-6-11(2)14(12(3)7-10)13(16-4)8-20-15-18-17-9-19(15)5/h6-7,9,13,16H,8H2,1-5H3. The summed E-state index contributed by atoms with van der Waals surface area (Å²) in [7, 11) is 3.99. The molecule has 0 aliphatic carbocycles. The van der Waals surface area contributed by atoms with E-state index in [9.17, 15) is 0 Å². The predicted octanol–water partition coefficient (Wildman–Crippen LogP) is 2.79. The van der Waals surface area contributed by atoms with Crippen LogP contribution >= 0.6 is 11.8 Å². The molecular weight excluding hydrogens is 268 g/mol. The molecule has 0 aliphatic rings. The van der Waals surface area contributed by atoms with Crippen LogP contribution in [0.15, 0.2) is 23.6 Å². The fraction of sp³-hybridized carbons (Fsp3) is 0.467. The molecule has 5 heteroatoms. The van der Waals surface area contributed by atoms with Crippen LogP contribution in [-0.4, -0.2) is 27.6 Å². The third-order valence-electron chi connectivity index (χ3n) is 3.48. The Morgan fingerprint density at radius 3 is 2.40 bits per heavy atom. The summed E-state index contributed by atoms with van der Waals surface area (Å²) in [5.41, 5.74) is 5.41. The summed E-state index contributed by atoms with van der Waals surface area (Å²) >= 11 is 1.73. The largest absolute Gasteiger partial charge is 0.312 e. The lowest BCUT2D eigenvalue weighted by Crippen LogP contribution is -2.21. The summed E-state index contributed by atoms with van der Waals surface area (Å²) in [5, 5.41) is 12.4. The van der Waals surface area contributed by atoms with Crippen LogP contribution in [0.3, 0.4) is 0 Å². The first-order chi connectivity index (χ1) is 9.52. The number of hydrogen-bond donors (Lipinski definition) is 1. The summed E-state index contributed by atoms with van der Waals surface area (Å²) in [6.07, 6.45) is 1.74. The molecule has 0 bridgehead atoms. The lowest BCUT2D eigenvalue weighted by atomic mass is 9.95. The molecule has 0 aliphatic heterocycles. The van der Waals surface area contributed by atoms with Gasteiger partial charge in [-0.15, -0.1) is 10.2 Å². The van der Waals surface area contributed by atoms with Crippen LogP contribution in [-0.2, 0) is 7.05 Å². The van der Waals surface area contributed by atoms with Gasteiger partial charge in [-0.05, 0) is 44.5 Å². The summed E-state index contributed by atoms with van der Waals surface area (Å²) in [4.78, 5) is 0. The van der Waals surface area contributed by atoms with Crippen LogP contribution in [0.2, 0.25) is 0 Å². The third-order valence-corrected chi connectivity index (χ3v) is 4.61. The van der Waals surface area contributed by atoms with E-state index in [4.69, 9.17) is 0 Å². The quantitative estimate of drug-likeness (QED) is 0.860. The Bertz CT molecular complexity index is 568. The molecule has 1 heterocycles. The molecule has 1 aromatic carbocycles. The normalized spacial score (nSPS) is 12.7. The van der Waals surface area contributed by atoms with Gasteiger partial charge in [0, 0.05) is 18.8 Å². The van der Waals surface area contributed by atoms with Gasteiger partial charge in [-0.25, -0.2) is 0 Å². The van der Waals surface area contributed by atoms with Gasteiger partial charge in [0.1, 0.15) is 6.33 Å². The van der Waals surface area contributed by atoms with Gasteiger partial charge in [0.15, 0.2) is 5.16 Å². The van der Waals surface area contributed by atoms with Crippen molar-refractivity contribution < 1.29 is 0 Å². The van der Waals surface area contributed by atoms with Crippen LogP contribution in [0.25, 0.3) is 0 Å². The first kappa shape index (κ1) is 15.1. The fourth-order valence-corrected chi connectivity index (χ4v) is 3.62. The van der Waals surface area contributed by atoms with Gasteiger partial charge >= 0.3 is 0 Å². The minimum absolute atomic E-state index is 0.317. The van der Waals surface area contributed by atoms with Gasteiger partial charge in [0.2, 0.25) is 0 Å². The molecule has 2 aromatic rings. The molecule has 0 saturated heterocycles. The Morgan fingerprint density at radius 1 is 1.25 bits per heavy atom. The number of nitrogens with one attached hydrogen (secondary N) is 1. The number of nitrogens with zero attached hydrogens (tertiary/aromatic N) is 3. The minimum atomic E-state index is 0.317. The van der Waals surface area contributed by atoms with Crippen molar-refractivity contribution in [3.05, 3.63) is 40.7 Å². The van der Waals surface area contributed by atoms with E-state index >= 15 is 0 Å². The van der Waals surface area contributed by atoms with Crippen molar-refractivity contribution in [2.75, 3.05) is 12.8 Å². The van der Waals surface area contributed by atoms with Gasteiger partial charge < -0.3 is 9.88 Å². The maximum atomic E-state index is 4.12. The maximum Gasteiger partial charge on any atom is 0.190 e. The van der Waals surface area contributed by atoms with Gasteiger partial charge in [-0.2, -0.15) is 0 Å². The highest BCUT2D eigenvalue weighted by molar-refractivity contribution is 7.99. The van der Waals surface area contributed by atoms with Crippen molar-refractivity contribution in [3.63, 3.8) is 0 Å². The summed E-state index contributed by atoms with van der Waals surface area (Å²) in [5.74, 6) is 0.938. The predicted molar refractivity (Wildman–Crippen MR) is 84.2 cm³/mol. The monoisotopic (exact) mass is 290 g/mol. The zero-order valence-corrected chi connectivity index (χ0v) is 13.6. The zero-order valence-electron chi connectivity index (χ0n) is 12.8. The highest BCUT2D eigenvalue weighted by Crippen LogP contribution is 2.28. The van der Waals surface area contributed by atoms with E-state index < -0.39 is 0 Å². The van der Waals surface area contributed by atoms with E-state index in [0.29, 0.717) is 6.04 Å². The molecule has 1 atom stereocenters. The average molecular weight is 290 g/mol. The first-order valence-electron chi connectivity index (χ1n) is 6.74. The van der Waals surface area contributed by atoms with Crippen molar-refractivity contribution in [1.29, 1.82) is 0 Å². The molecule has 0 spiro atoms. The molecule has 0 fully saturated rings. The number of benzene rings is 1. The number of aromatic nitrogens is 3. The lowest BCUT2D eigenvalue weighted by Gasteiger charge is -2.21. The Labute approximate surface area is 125 Å². The third kappa shape index (κ3) is 3.22. The SMILES string of the molecule is CNC(CSc1nncn1C)c1c(C)cc(C)cc1C. The highest BCUT2D eigenvalue weighted by Gasteiger charge is 2.16. The Hall–Kier alpha value is -1.33. The van der Waals surface area contributed by atoms with Gasteiger partial charge in [-0.1, -0.05) is 29.5 Å². The molecule has 108 valence electrons.